The van der Waals surface area contributed by atoms with Crippen LogP contribution in [0.5, 0.6) is 0 Å². The highest BCUT2D eigenvalue weighted by Gasteiger charge is 2.24. The van der Waals surface area contributed by atoms with Crippen molar-refractivity contribution < 1.29 is 4.79 Å². The molecule has 0 N–H and O–H groups in total. The molecule has 0 saturated heterocycles. The van der Waals surface area contributed by atoms with E-state index in [9.17, 15) is 4.79 Å². The molecule has 0 aliphatic carbocycles. The van der Waals surface area contributed by atoms with Crippen LogP contribution in [0, 0.1) is 0 Å². The SMILES string of the molecule is CCCCC(Cl)([C]=O)CC. The van der Waals surface area contributed by atoms with E-state index in [0.717, 1.165) is 19.3 Å². The van der Waals surface area contributed by atoms with Crippen LogP contribution >= 0.6 is 11.6 Å². The molecular formula is C8H14ClO. The summed E-state index contributed by atoms with van der Waals surface area (Å²) in [6, 6.07) is 0. The van der Waals surface area contributed by atoms with Gasteiger partial charge in [0.1, 0.15) is 4.87 Å². The van der Waals surface area contributed by atoms with Crippen molar-refractivity contribution in [1.82, 2.24) is 0 Å². The van der Waals surface area contributed by atoms with Crippen molar-refractivity contribution in [2.45, 2.75) is 44.4 Å². The summed E-state index contributed by atoms with van der Waals surface area (Å²) in [6.07, 6.45) is 5.40. The molecule has 0 saturated carbocycles. The van der Waals surface area contributed by atoms with Gasteiger partial charge in [-0.25, -0.2) is 0 Å². The van der Waals surface area contributed by atoms with E-state index >= 15 is 0 Å². The summed E-state index contributed by atoms with van der Waals surface area (Å²) in [5, 5.41) is 0. The molecule has 1 unspecified atom stereocenters. The monoisotopic (exact) mass is 161 g/mol. The fourth-order valence-electron chi connectivity index (χ4n) is 0.757. The number of rotatable bonds is 5. The van der Waals surface area contributed by atoms with Gasteiger partial charge in [-0.15, -0.1) is 11.6 Å². The number of halogens is 1. The Kier molecular flexibility index (Phi) is 4.71. The molecule has 0 aromatic carbocycles. The molecule has 1 atom stereocenters. The summed E-state index contributed by atoms with van der Waals surface area (Å²) in [5.74, 6) is 0. The average Bonchev–Trinajstić information content (AvgIpc) is 2.00. The summed E-state index contributed by atoms with van der Waals surface area (Å²) in [5.41, 5.74) is 0. The van der Waals surface area contributed by atoms with Crippen molar-refractivity contribution >= 4 is 17.9 Å². The van der Waals surface area contributed by atoms with Gasteiger partial charge < -0.3 is 0 Å². The van der Waals surface area contributed by atoms with E-state index in [1.54, 1.807) is 0 Å². The van der Waals surface area contributed by atoms with Gasteiger partial charge >= 0.3 is 0 Å². The molecule has 0 aliphatic rings. The van der Waals surface area contributed by atoms with E-state index in [1.807, 2.05) is 13.2 Å². The van der Waals surface area contributed by atoms with Gasteiger partial charge in [0.25, 0.3) is 0 Å². The van der Waals surface area contributed by atoms with E-state index in [4.69, 9.17) is 11.6 Å². The lowest BCUT2D eigenvalue weighted by atomic mass is 10.0. The van der Waals surface area contributed by atoms with Crippen molar-refractivity contribution in [3.8, 4) is 0 Å². The van der Waals surface area contributed by atoms with Crippen LogP contribution in [-0.4, -0.2) is 11.2 Å². The molecule has 1 nitrogen and oxygen atoms in total. The molecule has 0 spiro atoms. The molecule has 0 fully saturated rings. The van der Waals surface area contributed by atoms with Crippen LogP contribution < -0.4 is 0 Å². The maximum absolute atomic E-state index is 10.3. The second kappa shape index (κ2) is 4.73. The second-order valence-electron chi connectivity index (χ2n) is 2.52. The van der Waals surface area contributed by atoms with E-state index < -0.39 is 4.87 Å². The third-order valence-electron chi connectivity index (χ3n) is 1.67. The largest absolute Gasteiger partial charge is 0.289 e. The fourth-order valence-corrected chi connectivity index (χ4v) is 0.891. The first-order valence-corrected chi connectivity index (χ1v) is 4.14. The Labute approximate surface area is 67.8 Å². The zero-order chi connectivity index (χ0) is 8.04. The van der Waals surface area contributed by atoms with Gasteiger partial charge in [-0.05, 0) is 12.8 Å². The molecule has 0 amide bonds. The smallest absolute Gasteiger partial charge is 0.221 e. The van der Waals surface area contributed by atoms with Crippen molar-refractivity contribution in [3.63, 3.8) is 0 Å². The fraction of sp³-hybridized carbons (Fsp3) is 0.875. The molecule has 1 radical (unpaired) electrons. The highest BCUT2D eigenvalue weighted by atomic mass is 35.5. The zero-order valence-electron chi connectivity index (χ0n) is 6.61. The second-order valence-corrected chi connectivity index (χ2v) is 3.25. The van der Waals surface area contributed by atoms with Crippen molar-refractivity contribution in [2.75, 3.05) is 0 Å². The van der Waals surface area contributed by atoms with Crippen LogP contribution in [0.2, 0.25) is 0 Å². The topological polar surface area (TPSA) is 17.1 Å². The molecule has 10 heavy (non-hydrogen) atoms. The van der Waals surface area contributed by atoms with E-state index in [1.165, 1.54) is 0 Å². The predicted octanol–water partition coefficient (Wildman–Crippen LogP) is 2.67. The molecule has 0 aromatic rings. The maximum Gasteiger partial charge on any atom is 0.221 e. The molecule has 0 aliphatic heterocycles. The molecular weight excluding hydrogens is 148 g/mol. The maximum atomic E-state index is 10.3. The summed E-state index contributed by atoms with van der Waals surface area (Å²) in [6.45, 7) is 3.99. The number of alkyl halides is 1. The van der Waals surface area contributed by atoms with Crippen LogP contribution in [0.25, 0.3) is 0 Å². The highest BCUT2D eigenvalue weighted by Crippen LogP contribution is 2.23. The van der Waals surface area contributed by atoms with E-state index in [-0.39, 0.29) is 0 Å². The first-order valence-electron chi connectivity index (χ1n) is 3.76. The van der Waals surface area contributed by atoms with Crippen molar-refractivity contribution in [3.05, 3.63) is 0 Å². The summed E-state index contributed by atoms with van der Waals surface area (Å²) in [4.78, 5) is 9.61. The Hall–Kier alpha value is -0.0400. The average molecular weight is 162 g/mol. The van der Waals surface area contributed by atoms with Gasteiger partial charge in [0, 0.05) is 0 Å². The minimum atomic E-state index is -0.698. The summed E-state index contributed by atoms with van der Waals surface area (Å²) in [7, 11) is 0. The first kappa shape index (κ1) is 9.96. The van der Waals surface area contributed by atoms with Gasteiger partial charge in [0.15, 0.2) is 0 Å². The Morgan fingerprint density at radius 1 is 1.50 bits per heavy atom. The minimum Gasteiger partial charge on any atom is -0.289 e. The lowest BCUT2D eigenvalue weighted by Gasteiger charge is -2.15. The summed E-state index contributed by atoms with van der Waals surface area (Å²) < 4.78 is 0. The highest BCUT2D eigenvalue weighted by molar-refractivity contribution is 6.31. The minimum absolute atomic E-state index is 0.679. The van der Waals surface area contributed by atoms with Gasteiger partial charge in [-0.1, -0.05) is 26.7 Å². The van der Waals surface area contributed by atoms with Crippen LogP contribution in [0.15, 0.2) is 0 Å². The Morgan fingerprint density at radius 2 is 2.10 bits per heavy atom. The van der Waals surface area contributed by atoms with Gasteiger partial charge in [0.05, 0.1) is 0 Å². The standard InChI is InChI=1S/C8H14ClO/c1-3-5-6-8(9,4-2)7-10/h3-6H2,1-2H3. The van der Waals surface area contributed by atoms with E-state index in [0.29, 0.717) is 6.42 Å². The van der Waals surface area contributed by atoms with Crippen molar-refractivity contribution in [1.29, 1.82) is 0 Å². The third kappa shape index (κ3) is 3.21. The van der Waals surface area contributed by atoms with E-state index in [2.05, 4.69) is 6.92 Å². The Balaban J connectivity index is 3.68. The number of unbranched alkanes of at least 4 members (excludes halogenated alkanes) is 1. The van der Waals surface area contributed by atoms with Crippen LogP contribution in [0.1, 0.15) is 39.5 Å². The molecule has 2 heteroatoms. The quantitative estimate of drug-likeness (QED) is 0.567. The number of hydrogen-bond acceptors (Lipinski definition) is 1. The predicted molar refractivity (Wildman–Crippen MR) is 44.1 cm³/mol. The Morgan fingerprint density at radius 3 is 2.40 bits per heavy atom. The van der Waals surface area contributed by atoms with Crippen LogP contribution in [0.4, 0.5) is 0 Å². The Bertz CT molecular complexity index is 103. The molecule has 0 aromatic heterocycles. The lowest BCUT2D eigenvalue weighted by Crippen LogP contribution is -2.21. The summed E-state index contributed by atoms with van der Waals surface area (Å²) >= 11 is 5.86. The zero-order valence-corrected chi connectivity index (χ0v) is 7.37. The number of carbonyl (C=O) groups excluding carboxylic acids is 1. The van der Waals surface area contributed by atoms with Gasteiger partial charge in [0.2, 0.25) is 6.29 Å². The van der Waals surface area contributed by atoms with Gasteiger partial charge in [-0.3, -0.25) is 4.79 Å². The molecule has 0 rings (SSSR count). The molecule has 0 heterocycles. The molecule has 59 valence electrons. The van der Waals surface area contributed by atoms with Crippen LogP contribution in [0.3, 0.4) is 0 Å². The van der Waals surface area contributed by atoms with Crippen molar-refractivity contribution in [2.24, 2.45) is 0 Å². The van der Waals surface area contributed by atoms with Gasteiger partial charge in [-0.2, -0.15) is 0 Å². The number of hydrogen-bond donors (Lipinski definition) is 0. The molecule has 0 bridgehead atoms. The normalized spacial score (nSPS) is 16.3. The lowest BCUT2D eigenvalue weighted by molar-refractivity contribution is 0.505. The third-order valence-corrected chi connectivity index (χ3v) is 2.20. The first-order chi connectivity index (χ1) is 4.68. The van der Waals surface area contributed by atoms with Crippen LogP contribution in [-0.2, 0) is 4.79 Å².